The van der Waals surface area contributed by atoms with Crippen LogP contribution in [0.5, 0.6) is 0 Å². The molecular formula is C17H18F6N4O2S. The van der Waals surface area contributed by atoms with E-state index in [1.807, 2.05) is 0 Å². The van der Waals surface area contributed by atoms with Gasteiger partial charge < -0.3 is 9.88 Å². The van der Waals surface area contributed by atoms with Crippen molar-refractivity contribution >= 4 is 15.7 Å². The van der Waals surface area contributed by atoms with Crippen molar-refractivity contribution in [3.63, 3.8) is 0 Å². The molecule has 30 heavy (non-hydrogen) atoms. The lowest BCUT2D eigenvalue weighted by molar-refractivity contribution is -0.136. The average Bonchev–Trinajstić information content (AvgIpc) is 3.08. The van der Waals surface area contributed by atoms with E-state index in [9.17, 15) is 34.8 Å². The van der Waals surface area contributed by atoms with Crippen molar-refractivity contribution in [3.8, 4) is 0 Å². The molecule has 2 aromatic rings. The van der Waals surface area contributed by atoms with Gasteiger partial charge in [-0.25, -0.2) is 13.4 Å². The third-order valence-electron chi connectivity index (χ3n) is 4.79. The first-order valence-corrected chi connectivity index (χ1v) is 10.3. The number of imidazole rings is 1. The molecule has 0 aliphatic carbocycles. The van der Waals surface area contributed by atoms with Gasteiger partial charge in [-0.15, -0.1) is 0 Å². The number of fused-ring (bicyclic) bond motifs is 1. The lowest BCUT2D eigenvalue weighted by Crippen LogP contribution is -2.47. The highest BCUT2D eigenvalue weighted by atomic mass is 32.2. The highest BCUT2D eigenvalue weighted by Gasteiger charge is 2.51. The van der Waals surface area contributed by atoms with Gasteiger partial charge in [0.25, 0.3) is 0 Å². The summed E-state index contributed by atoms with van der Waals surface area (Å²) in [7, 11) is -5.73. The van der Waals surface area contributed by atoms with Gasteiger partial charge in [0.05, 0.1) is 18.6 Å². The molecule has 1 aliphatic heterocycles. The summed E-state index contributed by atoms with van der Waals surface area (Å²) < 4.78 is 103. The van der Waals surface area contributed by atoms with Gasteiger partial charge in [-0.3, -0.25) is 0 Å². The maximum absolute atomic E-state index is 13.2. The van der Waals surface area contributed by atoms with Crippen LogP contribution in [0.25, 0.3) is 0 Å². The Hall–Kier alpha value is -2.28. The molecule has 0 amide bonds. The molecule has 3 rings (SSSR count). The Morgan fingerprint density at radius 2 is 1.83 bits per heavy atom. The Bertz CT molecular complexity index is 959. The predicted molar refractivity (Wildman–Crippen MR) is 95.7 cm³/mol. The van der Waals surface area contributed by atoms with E-state index >= 15 is 0 Å². The van der Waals surface area contributed by atoms with E-state index in [1.165, 1.54) is 29.6 Å². The molecule has 13 heteroatoms. The van der Waals surface area contributed by atoms with Crippen molar-refractivity contribution in [2.45, 2.75) is 43.7 Å². The topological polar surface area (TPSA) is 69.3 Å². The predicted octanol–water partition coefficient (Wildman–Crippen LogP) is 3.79. The number of H-pyrrole nitrogens is 1. The average molecular weight is 456 g/mol. The van der Waals surface area contributed by atoms with Gasteiger partial charge in [0, 0.05) is 37.4 Å². The molecule has 0 saturated carbocycles. The zero-order valence-electron chi connectivity index (χ0n) is 15.4. The number of hydrogen-bond acceptors (Lipinski definition) is 4. The summed E-state index contributed by atoms with van der Waals surface area (Å²) in [5, 5.41) is 0. The number of rotatable bonds is 5. The molecule has 1 N–H and O–H groups in total. The van der Waals surface area contributed by atoms with Crippen molar-refractivity contribution in [2.75, 3.05) is 11.4 Å². The van der Waals surface area contributed by atoms with Crippen LogP contribution in [0.4, 0.5) is 32.0 Å². The number of aromatic nitrogens is 2. The van der Waals surface area contributed by atoms with Gasteiger partial charge in [-0.2, -0.15) is 30.6 Å². The second-order valence-electron chi connectivity index (χ2n) is 6.88. The third-order valence-corrected chi connectivity index (χ3v) is 6.33. The fourth-order valence-corrected chi connectivity index (χ4v) is 4.36. The maximum Gasteiger partial charge on any atom is 0.511 e. The summed E-state index contributed by atoms with van der Waals surface area (Å²) in [6.07, 6.45) is -3.57. The molecule has 1 aromatic carbocycles. The van der Waals surface area contributed by atoms with Crippen molar-refractivity contribution in [1.29, 1.82) is 0 Å². The minimum absolute atomic E-state index is 0.0272. The molecule has 0 saturated heterocycles. The van der Waals surface area contributed by atoms with E-state index in [0.717, 1.165) is 0 Å². The normalized spacial score (nSPS) is 18.9. The zero-order valence-corrected chi connectivity index (χ0v) is 16.2. The monoisotopic (exact) mass is 456 g/mol. The molecule has 0 bridgehead atoms. The van der Waals surface area contributed by atoms with Gasteiger partial charge >= 0.3 is 21.7 Å². The quantitative estimate of drug-likeness (QED) is 0.696. The number of halogens is 6. The van der Waals surface area contributed by atoms with Crippen LogP contribution in [0.2, 0.25) is 0 Å². The molecule has 1 aromatic heterocycles. The van der Waals surface area contributed by atoms with E-state index in [-0.39, 0.29) is 16.4 Å². The Kier molecular flexibility index (Phi) is 6.05. The number of aromatic amines is 1. The van der Waals surface area contributed by atoms with Gasteiger partial charge in [0.2, 0.25) is 0 Å². The zero-order chi connectivity index (χ0) is 22.2. The number of alkyl halides is 6. The Morgan fingerprint density at radius 3 is 2.43 bits per heavy atom. The summed E-state index contributed by atoms with van der Waals surface area (Å²) in [6.45, 7) is -1.31. The van der Waals surface area contributed by atoms with Crippen LogP contribution < -0.4 is 4.90 Å². The summed E-state index contributed by atoms with van der Waals surface area (Å²) >= 11 is 0. The van der Waals surface area contributed by atoms with Crippen molar-refractivity contribution in [3.05, 3.63) is 48.0 Å². The largest absolute Gasteiger partial charge is 0.511 e. The molecule has 2 heterocycles. The number of nitrogens with one attached hydrogen (secondary N) is 1. The second-order valence-corrected chi connectivity index (χ2v) is 8.81. The first-order chi connectivity index (χ1) is 13.9. The second kappa shape index (κ2) is 8.10. The van der Waals surface area contributed by atoms with Crippen LogP contribution in [-0.4, -0.2) is 47.0 Å². The van der Waals surface area contributed by atoms with Gasteiger partial charge in [-0.05, 0) is 18.1 Å². The van der Waals surface area contributed by atoms with Gasteiger partial charge in [-0.1, -0.05) is 18.2 Å². The number of benzene rings is 1. The van der Waals surface area contributed by atoms with E-state index in [2.05, 4.69) is 9.97 Å². The molecule has 1 unspecified atom stereocenters. The van der Waals surface area contributed by atoms with E-state index < -0.39 is 53.7 Å². The first-order valence-electron chi connectivity index (χ1n) is 8.83. The number of para-hydroxylation sites is 1. The molecule has 0 spiro atoms. The Balaban J connectivity index is 2.05. The Morgan fingerprint density at radius 1 is 1.13 bits per heavy atom. The number of sulfonamides is 1. The van der Waals surface area contributed by atoms with Gasteiger partial charge in [0.1, 0.15) is 0 Å². The fraction of sp³-hybridized carbons (Fsp3) is 0.471. The lowest BCUT2D eigenvalue weighted by atomic mass is 10.1. The summed E-state index contributed by atoms with van der Waals surface area (Å²) in [5.41, 5.74) is -4.40. The van der Waals surface area contributed by atoms with E-state index in [1.54, 1.807) is 12.1 Å². The smallest absolute Gasteiger partial charge is 0.361 e. The standard InChI is InChI=1S/C17H18F6N4O2S/c18-16(19,20)6-5-14-10-26(30(28,29)17(21,22)23)8-12-3-1-2-4-15(12)27(14)9-13-7-24-11-25-13/h1-4,7,11,14H,5-6,8-10H2,(H,24,25). The van der Waals surface area contributed by atoms with Gasteiger partial charge in [0.15, 0.2) is 0 Å². The molecule has 0 fully saturated rings. The van der Waals surface area contributed by atoms with Crippen LogP contribution in [-0.2, 0) is 23.1 Å². The minimum atomic E-state index is -5.73. The van der Waals surface area contributed by atoms with Crippen LogP contribution in [0.3, 0.4) is 0 Å². The number of hydrogen-bond donors (Lipinski definition) is 1. The number of anilines is 1. The van der Waals surface area contributed by atoms with Crippen molar-refractivity contribution in [2.24, 2.45) is 0 Å². The summed E-state index contributed by atoms with van der Waals surface area (Å²) in [4.78, 5) is 8.15. The molecular weight excluding hydrogens is 438 g/mol. The van der Waals surface area contributed by atoms with Crippen LogP contribution >= 0.6 is 0 Å². The highest BCUT2D eigenvalue weighted by Crippen LogP contribution is 2.36. The lowest BCUT2D eigenvalue weighted by Gasteiger charge is -2.34. The van der Waals surface area contributed by atoms with Crippen LogP contribution in [0.1, 0.15) is 24.1 Å². The first kappa shape index (κ1) is 22.4. The third kappa shape index (κ3) is 4.89. The molecule has 1 aliphatic rings. The maximum atomic E-state index is 13.2. The molecule has 0 radical (unpaired) electrons. The Labute approximate surface area is 168 Å². The van der Waals surface area contributed by atoms with Crippen LogP contribution in [0, 0.1) is 0 Å². The SMILES string of the molecule is O=S(=O)(N1Cc2ccccc2N(Cc2cnc[nH]2)C(CCC(F)(F)F)C1)C(F)(F)F. The van der Waals surface area contributed by atoms with E-state index in [0.29, 0.717) is 11.4 Å². The fourth-order valence-electron chi connectivity index (χ4n) is 3.39. The van der Waals surface area contributed by atoms with Crippen molar-refractivity contribution < 1.29 is 34.8 Å². The minimum Gasteiger partial charge on any atom is -0.361 e. The molecule has 6 nitrogen and oxygen atoms in total. The van der Waals surface area contributed by atoms with Crippen LogP contribution in [0.15, 0.2) is 36.8 Å². The summed E-state index contributed by atoms with van der Waals surface area (Å²) in [6, 6.07) is 4.99. The summed E-state index contributed by atoms with van der Waals surface area (Å²) in [5.74, 6) is 0. The molecule has 166 valence electrons. The van der Waals surface area contributed by atoms with Crippen molar-refractivity contribution in [1.82, 2.24) is 14.3 Å². The highest BCUT2D eigenvalue weighted by molar-refractivity contribution is 7.89. The number of nitrogens with zero attached hydrogens (tertiary/aromatic N) is 3. The van der Waals surface area contributed by atoms with E-state index in [4.69, 9.17) is 0 Å². The molecule has 1 atom stereocenters.